The van der Waals surface area contributed by atoms with Crippen molar-refractivity contribution >= 4 is 0 Å². The maximum Gasteiger partial charge on any atom is 0.0105 e. The van der Waals surface area contributed by atoms with E-state index in [2.05, 4.69) is 62.0 Å². The smallest absolute Gasteiger partial charge is 0.0105 e. The summed E-state index contributed by atoms with van der Waals surface area (Å²) in [6.45, 7) is 6.15. The molecule has 0 fully saturated rings. The zero-order valence-electron chi connectivity index (χ0n) is 10.8. The Morgan fingerprint density at radius 3 is 1.94 bits per heavy atom. The molecular weight excluding hydrogens is 216 g/mol. The van der Waals surface area contributed by atoms with E-state index in [-0.39, 0.29) is 0 Å². The van der Waals surface area contributed by atoms with E-state index in [0.717, 1.165) is 6.42 Å². The van der Waals surface area contributed by atoms with Gasteiger partial charge in [0.1, 0.15) is 0 Å². The minimum atomic E-state index is 0.550. The van der Waals surface area contributed by atoms with Gasteiger partial charge in [-0.1, -0.05) is 54.1 Å². The third kappa shape index (κ3) is 1.78. The van der Waals surface area contributed by atoms with Crippen LogP contribution in [0.4, 0.5) is 0 Å². The number of benzene rings is 2. The lowest BCUT2D eigenvalue weighted by Gasteiger charge is -2.13. The van der Waals surface area contributed by atoms with Gasteiger partial charge in [0.2, 0.25) is 0 Å². The third-order valence-corrected chi connectivity index (χ3v) is 3.82. The van der Waals surface area contributed by atoms with E-state index in [9.17, 15) is 0 Å². The normalized spacial score (nSPS) is 13.2. The van der Waals surface area contributed by atoms with Crippen LogP contribution in [-0.2, 0) is 0 Å². The van der Waals surface area contributed by atoms with Gasteiger partial charge in [-0.25, -0.2) is 0 Å². The molecule has 0 spiro atoms. The number of allylic oxidation sites excluding steroid dienone is 1. The van der Waals surface area contributed by atoms with Gasteiger partial charge in [0.05, 0.1) is 0 Å². The van der Waals surface area contributed by atoms with Crippen molar-refractivity contribution in [1.82, 2.24) is 0 Å². The molecule has 0 nitrogen and oxygen atoms in total. The molecule has 1 aliphatic carbocycles. The van der Waals surface area contributed by atoms with Gasteiger partial charge in [-0.05, 0) is 42.0 Å². The van der Waals surface area contributed by atoms with Gasteiger partial charge in [-0.3, -0.25) is 0 Å². The molecule has 90 valence electrons. The number of hydrogen-bond donors (Lipinski definition) is 0. The van der Waals surface area contributed by atoms with E-state index in [1.807, 2.05) is 0 Å². The van der Waals surface area contributed by atoms with Crippen LogP contribution in [0.25, 0.3) is 11.1 Å². The summed E-state index contributed by atoms with van der Waals surface area (Å²) in [6.07, 6.45) is 2.27. The number of rotatable bonds is 3. The molecule has 0 radical (unpaired) electrons. The highest BCUT2D eigenvalue weighted by molar-refractivity contribution is 5.78. The van der Waals surface area contributed by atoms with Gasteiger partial charge in [-0.15, -0.1) is 6.58 Å². The Labute approximate surface area is 109 Å². The van der Waals surface area contributed by atoms with E-state index in [1.165, 1.54) is 34.2 Å². The second kappa shape index (κ2) is 4.45. The molecule has 0 saturated carbocycles. The molecule has 0 atom stereocenters. The van der Waals surface area contributed by atoms with Crippen LogP contribution in [0.5, 0.6) is 0 Å². The van der Waals surface area contributed by atoms with Crippen LogP contribution in [-0.4, -0.2) is 0 Å². The molecule has 0 bridgehead atoms. The lowest BCUT2D eigenvalue weighted by atomic mass is 9.91. The summed E-state index contributed by atoms with van der Waals surface area (Å²) >= 11 is 0. The van der Waals surface area contributed by atoms with Crippen LogP contribution >= 0.6 is 0 Å². The maximum absolute atomic E-state index is 4.03. The van der Waals surface area contributed by atoms with Crippen molar-refractivity contribution in [2.24, 2.45) is 0 Å². The monoisotopic (exact) mass is 234 g/mol. The molecule has 0 unspecified atom stereocenters. The van der Waals surface area contributed by atoms with E-state index in [1.54, 1.807) is 0 Å². The average Bonchev–Trinajstić information content (AvgIpc) is 2.71. The van der Waals surface area contributed by atoms with Crippen LogP contribution in [0.3, 0.4) is 0 Å². The van der Waals surface area contributed by atoms with Crippen LogP contribution in [0.15, 0.2) is 60.7 Å². The summed E-state index contributed by atoms with van der Waals surface area (Å²) < 4.78 is 0. The summed E-state index contributed by atoms with van der Waals surface area (Å²) in [7, 11) is 0. The predicted octanol–water partition coefficient (Wildman–Crippen LogP) is 5.16. The van der Waals surface area contributed by atoms with Crippen LogP contribution in [0.2, 0.25) is 0 Å². The molecule has 3 rings (SSSR count). The van der Waals surface area contributed by atoms with Crippen molar-refractivity contribution in [3.8, 4) is 11.1 Å². The van der Waals surface area contributed by atoms with Crippen molar-refractivity contribution in [3.63, 3.8) is 0 Å². The SMILES string of the molecule is C=C(C)CCC1c2ccccc2-c2ccccc21. The van der Waals surface area contributed by atoms with E-state index in [0.29, 0.717) is 5.92 Å². The molecule has 2 aromatic rings. The Hall–Kier alpha value is -1.82. The third-order valence-electron chi connectivity index (χ3n) is 3.82. The maximum atomic E-state index is 4.03. The first-order valence-electron chi connectivity index (χ1n) is 6.60. The highest BCUT2D eigenvalue weighted by Gasteiger charge is 2.27. The molecule has 0 heterocycles. The fraction of sp³-hybridized carbons (Fsp3) is 0.222. The molecular formula is C18H18. The predicted molar refractivity (Wildman–Crippen MR) is 77.8 cm³/mol. The lowest BCUT2D eigenvalue weighted by Crippen LogP contribution is -1.96. The Bertz CT molecular complexity index is 547. The second-order valence-corrected chi connectivity index (χ2v) is 5.22. The first kappa shape index (κ1) is 11.3. The molecule has 0 N–H and O–H groups in total. The number of fused-ring (bicyclic) bond motifs is 3. The second-order valence-electron chi connectivity index (χ2n) is 5.22. The molecule has 0 amide bonds. The Morgan fingerprint density at radius 1 is 0.944 bits per heavy atom. The molecule has 0 aliphatic heterocycles. The van der Waals surface area contributed by atoms with E-state index < -0.39 is 0 Å². The van der Waals surface area contributed by atoms with Crippen LogP contribution in [0, 0.1) is 0 Å². The topological polar surface area (TPSA) is 0 Å². The highest BCUT2D eigenvalue weighted by Crippen LogP contribution is 2.46. The number of hydrogen-bond acceptors (Lipinski definition) is 0. The van der Waals surface area contributed by atoms with Crippen LogP contribution in [0.1, 0.15) is 36.8 Å². The highest BCUT2D eigenvalue weighted by atomic mass is 14.3. The zero-order chi connectivity index (χ0) is 12.5. The molecule has 1 aliphatic rings. The molecule has 0 aromatic heterocycles. The zero-order valence-corrected chi connectivity index (χ0v) is 10.8. The minimum Gasteiger partial charge on any atom is -0.100 e. The summed E-state index contributed by atoms with van der Waals surface area (Å²) in [6, 6.07) is 17.6. The van der Waals surface area contributed by atoms with E-state index in [4.69, 9.17) is 0 Å². The quantitative estimate of drug-likeness (QED) is 0.644. The lowest BCUT2D eigenvalue weighted by molar-refractivity contribution is 0.726. The molecule has 2 aromatic carbocycles. The fourth-order valence-electron chi connectivity index (χ4n) is 2.96. The average molecular weight is 234 g/mol. The van der Waals surface area contributed by atoms with Crippen LogP contribution < -0.4 is 0 Å². The van der Waals surface area contributed by atoms with Gasteiger partial charge in [-0.2, -0.15) is 0 Å². The molecule has 18 heavy (non-hydrogen) atoms. The summed E-state index contributed by atoms with van der Waals surface area (Å²) in [4.78, 5) is 0. The van der Waals surface area contributed by atoms with Gasteiger partial charge in [0.15, 0.2) is 0 Å². The fourth-order valence-corrected chi connectivity index (χ4v) is 2.96. The standard InChI is InChI=1S/C18H18/c1-13(2)11-12-18-16-9-5-3-7-14(16)15-8-4-6-10-17(15)18/h3-10,18H,1,11-12H2,2H3. The van der Waals surface area contributed by atoms with Crippen molar-refractivity contribution < 1.29 is 0 Å². The van der Waals surface area contributed by atoms with Crippen molar-refractivity contribution in [1.29, 1.82) is 0 Å². The Kier molecular flexibility index (Phi) is 2.79. The Balaban J connectivity index is 2.06. The first-order valence-corrected chi connectivity index (χ1v) is 6.60. The summed E-state index contributed by atoms with van der Waals surface area (Å²) in [5.41, 5.74) is 7.08. The van der Waals surface area contributed by atoms with Gasteiger partial charge in [0, 0.05) is 5.92 Å². The molecule has 0 saturated heterocycles. The van der Waals surface area contributed by atoms with Crippen molar-refractivity contribution in [2.45, 2.75) is 25.7 Å². The van der Waals surface area contributed by atoms with Gasteiger partial charge < -0.3 is 0 Å². The van der Waals surface area contributed by atoms with E-state index >= 15 is 0 Å². The first-order chi connectivity index (χ1) is 8.77. The Morgan fingerprint density at radius 2 is 1.44 bits per heavy atom. The van der Waals surface area contributed by atoms with Crippen molar-refractivity contribution in [3.05, 3.63) is 71.8 Å². The van der Waals surface area contributed by atoms with Gasteiger partial charge >= 0.3 is 0 Å². The van der Waals surface area contributed by atoms with Crippen molar-refractivity contribution in [2.75, 3.05) is 0 Å². The molecule has 0 heteroatoms. The largest absolute Gasteiger partial charge is 0.100 e. The minimum absolute atomic E-state index is 0.550. The summed E-state index contributed by atoms with van der Waals surface area (Å²) in [5, 5.41) is 0. The summed E-state index contributed by atoms with van der Waals surface area (Å²) in [5.74, 6) is 0.550. The van der Waals surface area contributed by atoms with Gasteiger partial charge in [0.25, 0.3) is 0 Å².